The third kappa shape index (κ3) is 3.79. The Morgan fingerprint density at radius 2 is 1.89 bits per heavy atom. The number of methoxy groups -OCH3 is 1. The first-order chi connectivity index (χ1) is 8.40. The van der Waals surface area contributed by atoms with Crippen molar-refractivity contribution in [3.63, 3.8) is 0 Å². The van der Waals surface area contributed by atoms with Gasteiger partial charge >= 0.3 is 0 Å². The summed E-state index contributed by atoms with van der Waals surface area (Å²) in [5, 5.41) is 7.08. The van der Waals surface area contributed by atoms with Crippen molar-refractivity contribution >= 4 is 17.3 Å². The molecule has 0 aliphatic carbocycles. The third-order valence-corrected chi connectivity index (χ3v) is 3.11. The lowest BCUT2D eigenvalue weighted by Crippen LogP contribution is -2.18. The number of rotatable bonds is 5. The molecule has 4 heteroatoms. The number of anilines is 1. The highest BCUT2D eigenvalue weighted by atomic mass is 35.5. The molecule has 102 valence electrons. The second-order valence-electron chi connectivity index (χ2n) is 5.32. The Hall–Kier alpha value is -0.930. The smallest absolute Gasteiger partial charge is 0.143 e. The molecule has 0 bridgehead atoms. The van der Waals surface area contributed by atoms with Crippen LogP contribution in [-0.4, -0.2) is 27.2 Å². The van der Waals surface area contributed by atoms with Gasteiger partial charge in [-0.25, -0.2) is 0 Å². The maximum Gasteiger partial charge on any atom is 0.143 e. The van der Waals surface area contributed by atoms with Gasteiger partial charge in [0.1, 0.15) is 5.75 Å². The fraction of sp³-hybridized carbons (Fsp3) is 0.571. The van der Waals surface area contributed by atoms with E-state index < -0.39 is 0 Å². The van der Waals surface area contributed by atoms with Crippen LogP contribution in [-0.2, 0) is 5.41 Å². The summed E-state index contributed by atoms with van der Waals surface area (Å²) in [6, 6.07) is 4.05. The van der Waals surface area contributed by atoms with Crippen LogP contribution in [0, 0.1) is 0 Å². The fourth-order valence-electron chi connectivity index (χ4n) is 1.66. The molecule has 0 amide bonds. The van der Waals surface area contributed by atoms with Crippen molar-refractivity contribution in [2.45, 2.75) is 26.2 Å². The summed E-state index contributed by atoms with van der Waals surface area (Å²) in [6.45, 7) is 8.16. The number of halogens is 1. The van der Waals surface area contributed by atoms with Gasteiger partial charge in [0.25, 0.3) is 0 Å². The minimum Gasteiger partial charge on any atom is -0.495 e. The monoisotopic (exact) mass is 270 g/mol. The molecule has 1 aromatic carbocycles. The van der Waals surface area contributed by atoms with Crippen molar-refractivity contribution in [2.24, 2.45) is 0 Å². The average Bonchev–Trinajstić information content (AvgIpc) is 2.29. The van der Waals surface area contributed by atoms with Crippen LogP contribution >= 0.6 is 11.6 Å². The zero-order valence-electron chi connectivity index (χ0n) is 11.9. The average molecular weight is 271 g/mol. The summed E-state index contributed by atoms with van der Waals surface area (Å²) in [6.07, 6.45) is 0. The van der Waals surface area contributed by atoms with Crippen molar-refractivity contribution in [1.29, 1.82) is 0 Å². The first kappa shape index (κ1) is 15.1. The molecule has 0 unspecified atom stereocenters. The summed E-state index contributed by atoms with van der Waals surface area (Å²) in [5.41, 5.74) is 2.09. The summed E-state index contributed by atoms with van der Waals surface area (Å²) >= 11 is 6.34. The van der Waals surface area contributed by atoms with Crippen LogP contribution < -0.4 is 15.4 Å². The van der Waals surface area contributed by atoms with Crippen LogP contribution in [0.1, 0.15) is 26.3 Å². The predicted octanol–water partition coefficient (Wildman–Crippen LogP) is 3.28. The summed E-state index contributed by atoms with van der Waals surface area (Å²) in [4.78, 5) is 0. The molecular weight excluding hydrogens is 248 g/mol. The van der Waals surface area contributed by atoms with E-state index in [2.05, 4.69) is 31.4 Å². The minimum absolute atomic E-state index is 0.0560. The Bertz CT molecular complexity index is 400. The molecule has 0 spiro atoms. The van der Waals surface area contributed by atoms with Crippen molar-refractivity contribution in [1.82, 2.24) is 5.32 Å². The van der Waals surface area contributed by atoms with Crippen molar-refractivity contribution < 1.29 is 4.74 Å². The highest BCUT2D eigenvalue weighted by Gasteiger charge is 2.18. The van der Waals surface area contributed by atoms with E-state index >= 15 is 0 Å². The number of hydrogen-bond donors (Lipinski definition) is 2. The van der Waals surface area contributed by atoms with E-state index in [0.717, 1.165) is 24.5 Å². The van der Waals surface area contributed by atoms with E-state index in [4.69, 9.17) is 16.3 Å². The van der Waals surface area contributed by atoms with E-state index in [1.165, 1.54) is 5.56 Å². The van der Waals surface area contributed by atoms with Gasteiger partial charge in [0.2, 0.25) is 0 Å². The Morgan fingerprint density at radius 3 is 2.39 bits per heavy atom. The van der Waals surface area contributed by atoms with Gasteiger partial charge in [0, 0.05) is 13.1 Å². The predicted molar refractivity (Wildman–Crippen MR) is 79.1 cm³/mol. The van der Waals surface area contributed by atoms with Gasteiger partial charge in [0.05, 0.1) is 17.8 Å². The van der Waals surface area contributed by atoms with Crippen LogP contribution in [0.25, 0.3) is 0 Å². The second-order valence-corrected chi connectivity index (χ2v) is 5.72. The van der Waals surface area contributed by atoms with Crippen molar-refractivity contribution in [3.8, 4) is 5.75 Å². The molecule has 1 rings (SSSR count). The number of hydrogen-bond acceptors (Lipinski definition) is 3. The summed E-state index contributed by atoms with van der Waals surface area (Å²) < 4.78 is 5.43. The molecule has 0 heterocycles. The molecule has 0 aliphatic rings. The molecule has 3 nitrogen and oxygen atoms in total. The highest BCUT2D eigenvalue weighted by molar-refractivity contribution is 6.33. The van der Waals surface area contributed by atoms with Gasteiger partial charge in [-0.2, -0.15) is 0 Å². The molecule has 2 N–H and O–H groups in total. The fourth-order valence-corrected chi connectivity index (χ4v) is 1.94. The maximum absolute atomic E-state index is 6.34. The van der Waals surface area contributed by atoms with E-state index in [-0.39, 0.29) is 5.41 Å². The Labute approximate surface area is 115 Å². The zero-order chi connectivity index (χ0) is 13.8. The Kier molecular flexibility index (Phi) is 5.29. The minimum atomic E-state index is 0.0560. The standard InChI is InChI=1S/C14H23ClN2O/c1-14(2,3)10-8-11(15)13(12(9-10)18-5)17-7-6-16-4/h8-9,16-17H,6-7H2,1-5H3. The maximum atomic E-state index is 6.34. The number of likely N-dealkylation sites (N-methyl/N-ethyl adjacent to an activating group) is 1. The third-order valence-electron chi connectivity index (χ3n) is 2.82. The lowest BCUT2D eigenvalue weighted by atomic mass is 9.87. The van der Waals surface area contributed by atoms with E-state index in [1.807, 2.05) is 19.2 Å². The lowest BCUT2D eigenvalue weighted by molar-refractivity contribution is 0.414. The quantitative estimate of drug-likeness (QED) is 0.806. The lowest BCUT2D eigenvalue weighted by Gasteiger charge is -2.22. The normalized spacial score (nSPS) is 11.4. The molecule has 0 atom stereocenters. The molecular formula is C14H23ClN2O. The molecule has 0 saturated carbocycles. The molecule has 0 saturated heterocycles. The number of nitrogens with one attached hydrogen (secondary N) is 2. The van der Waals surface area contributed by atoms with Crippen LogP contribution in [0.3, 0.4) is 0 Å². The molecule has 1 aromatic rings. The van der Waals surface area contributed by atoms with E-state index in [1.54, 1.807) is 7.11 Å². The molecule has 0 fully saturated rings. The molecule has 0 radical (unpaired) electrons. The van der Waals surface area contributed by atoms with Gasteiger partial charge in [-0.05, 0) is 30.2 Å². The number of ether oxygens (including phenoxy) is 1. The first-order valence-electron chi connectivity index (χ1n) is 6.16. The number of benzene rings is 1. The van der Waals surface area contributed by atoms with E-state index in [0.29, 0.717) is 5.02 Å². The second kappa shape index (κ2) is 6.30. The Balaban J connectivity index is 3.04. The van der Waals surface area contributed by atoms with Crippen LogP contribution in [0.5, 0.6) is 5.75 Å². The SMILES string of the molecule is CNCCNc1c(Cl)cc(C(C)(C)C)cc1OC. The molecule has 0 aliphatic heterocycles. The van der Waals surface area contributed by atoms with Gasteiger partial charge in [0.15, 0.2) is 0 Å². The van der Waals surface area contributed by atoms with Gasteiger partial charge in [-0.1, -0.05) is 32.4 Å². The van der Waals surface area contributed by atoms with Crippen molar-refractivity contribution in [2.75, 3.05) is 32.6 Å². The highest BCUT2D eigenvalue weighted by Crippen LogP contribution is 2.37. The largest absolute Gasteiger partial charge is 0.495 e. The molecule has 0 aromatic heterocycles. The van der Waals surface area contributed by atoms with Crippen LogP contribution in [0.4, 0.5) is 5.69 Å². The summed E-state index contributed by atoms with van der Waals surface area (Å²) in [5.74, 6) is 0.795. The topological polar surface area (TPSA) is 33.3 Å². The van der Waals surface area contributed by atoms with Gasteiger partial charge in [-0.15, -0.1) is 0 Å². The van der Waals surface area contributed by atoms with Crippen LogP contribution in [0.2, 0.25) is 5.02 Å². The molecule has 18 heavy (non-hydrogen) atoms. The van der Waals surface area contributed by atoms with Gasteiger partial charge in [-0.3, -0.25) is 0 Å². The Morgan fingerprint density at radius 1 is 1.22 bits per heavy atom. The first-order valence-corrected chi connectivity index (χ1v) is 6.54. The zero-order valence-corrected chi connectivity index (χ0v) is 12.6. The summed E-state index contributed by atoms with van der Waals surface area (Å²) in [7, 11) is 3.59. The van der Waals surface area contributed by atoms with Crippen LogP contribution in [0.15, 0.2) is 12.1 Å². The van der Waals surface area contributed by atoms with E-state index in [9.17, 15) is 0 Å². The van der Waals surface area contributed by atoms with Crippen molar-refractivity contribution in [3.05, 3.63) is 22.7 Å². The van der Waals surface area contributed by atoms with Gasteiger partial charge < -0.3 is 15.4 Å².